The van der Waals surface area contributed by atoms with Crippen molar-refractivity contribution in [1.29, 1.82) is 0 Å². The number of carbonyl (C=O) groups is 2. The number of nitrogens with two attached hydrogens (primary N) is 1. The predicted octanol–water partition coefficient (Wildman–Crippen LogP) is -0.662. The van der Waals surface area contributed by atoms with Gasteiger partial charge in [0.15, 0.2) is 0 Å². The van der Waals surface area contributed by atoms with Gasteiger partial charge < -0.3 is 21.1 Å². The van der Waals surface area contributed by atoms with E-state index in [9.17, 15) is 9.59 Å². The molecule has 0 saturated heterocycles. The Morgan fingerprint density at radius 1 is 1.53 bits per heavy atom. The topological polar surface area (TPSA) is 93.5 Å². The van der Waals surface area contributed by atoms with Crippen LogP contribution in [0.15, 0.2) is 0 Å². The van der Waals surface area contributed by atoms with E-state index in [0.717, 1.165) is 0 Å². The number of hydrogen-bond acceptors (Lipinski definition) is 4. The minimum Gasteiger partial charge on any atom is -0.468 e. The first-order valence-corrected chi connectivity index (χ1v) is 4.93. The van der Waals surface area contributed by atoms with Gasteiger partial charge in [-0.05, 0) is 19.8 Å². The van der Waals surface area contributed by atoms with E-state index in [1.807, 2.05) is 6.92 Å². The minimum absolute atomic E-state index is 0.0411. The van der Waals surface area contributed by atoms with Crippen molar-refractivity contribution in [2.24, 2.45) is 5.73 Å². The quantitative estimate of drug-likeness (QED) is 0.545. The number of esters is 1. The Labute approximate surface area is 88.5 Å². The molecule has 0 unspecified atom stereocenters. The van der Waals surface area contributed by atoms with Crippen LogP contribution >= 0.6 is 0 Å². The van der Waals surface area contributed by atoms with E-state index in [0.29, 0.717) is 19.4 Å². The molecule has 1 aliphatic rings. The van der Waals surface area contributed by atoms with Crippen molar-refractivity contribution in [3.05, 3.63) is 0 Å². The van der Waals surface area contributed by atoms with Crippen molar-refractivity contribution in [3.8, 4) is 0 Å². The van der Waals surface area contributed by atoms with E-state index in [2.05, 4.69) is 15.4 Å². The van der Waals surface area contributed by atoms with Gasteiger partial charge in [-0.25, -0.2) is 4.79 Å². The molecule has 0 atom stereocenters. The average molecular weight is 215 g/mol. The van der Waals surface area contributed by atoms with Crippen LogP contribution in [0.4, 0.5) is 4.79 Å². The third-order valence-corrected chi connectivity index (χ3v) is 2.49. The maximum absolute atomic E-state index is 11.2. The highest BCUT2D eigenvalue weighted by Gasteiger charge is 2.48. The van der Waals surface area contributed by atoms with Crippen LogP contribution in [0, 0.1) is 0 Å². The van der Waals surface area contributed by atoms with E-state index < -0.39 is 11.5 Å². The van der Waals surface area contributed by atoms with Gasteiger partial charge in [0.1, 0.15) is 5.54 Å². The Balaban J connectivity index is 2.31. The number of hydrogen-bond donors (Lipinski definition) is 3. The number of rotatable bonds is 3. The summed E-state index contributed by atoms with van der Waals surface area (Å²) in [5.41, 5.74) is 4.83. The van der Waals surface area contributed by atoms with E-state index >= 15 is 0 Å². The molecular formula is C9H17N3O3. The Hall–Kier alpha value is -1.30. The first-order chi connectivity index (χ1) is 7.01. The van der Waals surface area contributed by atoms with Crippen LogP contribution in [-0.4, -0.2) is 37.2 Å². The van der Waals surface area contributed by atoms with Gasteiger partial charge >= 0.3 is 12.0 Å². The van der Waals surface area contributed by atoms with Gasteiger partial charge in [0.25, 0.3) is 0 Å². The molecule has 6 nitrogen and oxygen atoms in total. The largest absolute Gasteiger partial charge is 0.468 e. The number of nitrogens with one attached hydrogen (secondary N) is 2. The number of urea groups is 1. The lowest BCUT2D eigenvalue weighted by Gasteiger charge is -2.42. The van der Waals surface area contributed by atoms with Gasteiger partial charge in [-0.3, -0.25) is 4.79 Å². The Morgan fingerprint density at radius 3 is 2.60 bits per heavy atom. The zero-order chi connectivity index (χ0) is 11.5. The van der Waals surface area contributed by atoms with Gasteiger partial charge in [-0.1, -0.05) is 0 Å². The molecule has 0 aromatic heterocycles. The van der Waals surface area contributed by atoms with Crippen LogP contribution in [0.2, 0.25) is 0 Å². The Bertz CT molecular complexity index is 261. The fourth-order valence-corrected chi connectivity index (χ4v) is 1.69. The molecule has 86 valence electrons. The van der Waals surface area contributed by atoms with Crippen LogP contribution < -0.4 is 16.4 Å². The lowest BCUT2D eigenvalue weighted by molar-refractivity contribution is -0.151. The van der Waals surface area contributed by atoms with E-state index in [1.54, 1.807) is 0 Å². The molecular weight excluding hydrogens is 198 g/mol. The van der Waals surface area contributed by atoms with Crippen LogP contribution in [0.25, 0.3) is 0 Å². The molecule has 6 heteroatoms. The molecule has 2 amide bonds. The average Bonchev–Trinajstić information content (AvgIpc) is 2.14. The number of ether oxygens (including phenoxy) is 1. The summed E-state index contributed by atoms with van der Waals surface area (Å²) in [6.45, 7) is 2.41. The highest BCUT2D eigenvalue weighted by molar-refractivity contribution is 5.83. The standard InChI is InChI=1S/C9H17N3O3/c1-3-11-8(14)12-6-4-9(10,5-6)7(13)15-2/h6H,3-5,10H2,1-2H3,(H2,11,12,14). The van der Waals surface area contributed by atoms with Crippen LogP contribution in [0.5, 0.6) is 0 Å². The fraction of sp³-hybridized carbons (Fsp3) is 0.778. The molecule has 15 heavy (non-hydrogen) atoms. The summed E-state index contributed by atoms with van der Waals surface area (Å²) in [5, 5.41) is 5.32. The predicted molar refractivity (Wildman–Crippen MR) is 54.2 cm³/mol. The molecule has 0 aliphatic heterocycles. The molecule has 0 radical (unpaired) electrons. The van der Waals surface area contributed by atoms with Crippen molar-refractivity contribution in [1.82, 2.24) is 10.6 Å². The van der Waals surface area contributed by atoms with Crippen LogP contribution in [0.1, 0.15) is 19.8 Å². The summed E-state index contributed by atoms with van der Waals surface area (Å²) in [6, 6.07) is -0.268. The molecule has 4 N–H and O–H groups in total. The number of methoxy groups -OCH3 is 1. The molecule has 0 aromatic rings. The van der Waals surface area contributed by atoms with Crippen molar-refractivity contribution < 1.29 is 14.3 Å². The van der Waals surface area contributed by atoms with Crippen LogP contribution in [0.3, 0.4) is 0 Å². The molecule has 1 fully saturated rings. The smallest absolute Gasteiger partial charge is 0.325 e. The normalized spacial score (nSPS) is 28.9. The lowest BCUT2D eigenvalue weighted by Crippen LogP contribution is -2.65. The zero-order valence-electron chi connectivity index (χ0n) is 9.00. The lowest BCUT2D eigenvalue weighted by atomic mass is 9.73. The molecule has 0 heterocycles. The summed E-state index contributed by atoms with van der Waals surface area (Å²) in [5.74, 6) is -0.420. The summed E-state index contributed by atoms with van der Waals surface area (Å²) in [6.07, 6.45) is 0.855. The van der Waals surface area contributed by atoms with Crippen molar-refractivity contribution in [2.75, 3.05) is 13.7 Å². The van der Waals surface area contributed by atoms with Gasteiger partial charge in [0.2, 0.25) is 0 Å². The highest BCUT2D eigenvalue weighted by Crippen LogP contribution is 2.30. The highest BCUT2D eigenvalue weighted by atomic mass is 16.5. The van der Waals surface area contributed by atoms with Gasteiger partial charge in [0, 0.05) is 12.6 Å². The van der Waals surface area contributed by atoms with E-state index in [-0.39, 0.29) is 12.1 Å². The van der Waals surface area contributed by atoms with Crippen LogP contribution in [-0.2, 0) is 9.53 Å². The monoisotopic (exact) mass is 215 g/mol. The second kappa shape index (κ2) is 4.48. The summed E-state index contributed by atoms with van der Waals surface area (Å²) in [4.78, 5) is 22.3. The second-order valence-corrected chi connectivity index (χ2v) is 3.76. The summed E-state index contributed by atoms with van der Waals surface area (Å²) >= 11 is 0. The molecule has 0 aromatic carbocycles. The fourth-order valence-electron chi connectivity index (χ4n) is 1.69. The molecule has 1 rings (SSSR count). The number of carbonyl (C=O) groups excluding carboxylic acids is 2. The third-order valence-electron chi connectivity index (χ3n) is 2.49. The maximum Gasteiger partial charge on any atom is 0.325 e. The SMILES string of the molecule is CCNC(=O)NC1CC(N)(C(=O)OC)C1. The summed E-state index contributed by atoms with van der Waals surface area (Å²) in [7, 11) is 1.31. The maximum atomic E-state index is 11.2. The molecule has 1 aliphatic carbocycles. The Morgan fingerprint density at radius 2 is 2.13 bits per heavy atom. The zero-order valence-corrected chi connectivity index (χ0v) is 9.00. The molecule has 1 saturated carbocycles. The number of amides is 2. The third kappa shape index (κ3) is 2.59. The van der Waals surface area contributed by atoms with Crippen molar-refractivity contribution in [2.45, 2.75) is 31.3 Å². The molecule has 0 spiro atoms. The van der Waals surface area contributed by atoms with Crippen molar-refractivity contribution >= 4 is 12.0 Å². The van der Waals surface area contributed by atoms with Gasteiger partial charge in [-0.2, -0.15) is 0 Å². The van der Waals surface area contributed by atoms with E-state index in [4.69, 9.17) is 5.73 Å². The van der Waals surface area contributed by atoms with Gasteiger partial charge in [0.05, 0.1) is 7.11 Å². The van der Waals surface area contributed by atoms with Crippen molar-refractivity contribution in [3.63, 3.8) is 0 Å². The first-order valence-electron chi connectivity index (χ1n) is 4.93. The summed E-state index contributed by atoms with van der Waals surface area (Å²) < 4.78 is 4.57. The Kier molecular flexibility index (Phi) is 3.52. The first kappa shape index (κ1) is 11.8. The second-order valence-electron chi connectivity index (χ2n) is 3.76. The van der Waals surface area contributed by atoms with E-state index in [1.165, 1.54) is 7.11 Å². The van der Waals surface area contributed by atoms with Gasteiger partial charge in [-0.15, -0.1) is 0 Å². The molecule has 0 bridgehead atoms. The minimum atomic E-state index is -0.918.